The normalized spacial score (nSPS) is 16.5. The lowest BCUT2D eigenvalue weighted by atomic mass is 9.81. The van der Waals surface area contributed by atoms with Crippen molar-refractivity contribution >= 4 is 46.4 Å². The number of nitro benzene ring substituents is 2. The van der Waals surface area contributed by atoms with E-state index in [0.717, 1.165) is 63.4 Å². The molecule has 0 spiro atoms. The molecule has 2 aliphatic carbocycles. The first-order valence-electron chi connectivity index (χ1n) is 18.1. The van der Waals surface area contributed by atoms with Crippen LogP contribution in [0.2, 0.25) is 0 Å². The summed E-state index contributed by atoms with van der Waals surface area (Å²) >= 11 is 5.69. The van der Waals surface area contributed by atoms with E-state index in [0.29, 0.717) is 36.6 Å². The van der Waals surface area contributed by atoms with Gasteiger partial charge in [0, 0.05) is 70.0 Å². The van der Waals surface area contributed by atoms with Crippen molar-refractivity contribution in [3.05, 3.63) is 79.9 Å². The Morgan fingerprint density at radius 2 is 1.04 bits per heavy atom. The number of nitrogens with zero attached hydrogens (tertiary/aromatic N) is 2. The predicted molar refractivity (Wildman–Crippen MR) is 204 cm³/mol. The van der Waals surface area contributed by atoms with Crippen molar-refractivity contribution in [3.63, 3.8) is 0 Å². The topological polar surface area (TPSA) is 198 Å². The molecule has 2 atom stereocenters. The van der Waals surface area contributed by atoms with Gasteiger partial charge < -0.3 is 29.6 Å². The van der Waals surface area contributed by atoms with E-state index in [9.17, 15) is 34.6 Å². The Labute approximate surface area is 321 Å². The van der Waals surface area contributed by atoms with Gasteiger partial charge in [-0.1, -0.05) is 62.2 Å². The molecule has 0 aromatic heterocycles. The van der Waals surface area contributed by atoms with E-state index in [-0.39, 0.29) is 29.1 Å². The van der Waals surface area contributed by atoms with Gasteiger partial charge in [-0.2, -0.15) is 0 Å². The first-order chi connectivity index (χ1) is 25.8. The van der Waals surface area contributed by atoms with E-state index in [2.05, 4.69) is 10.6 Å². The van der Waals surface area contributed by atoms with Crippen molar-refractivity contribution in [2.24, 2.45) is 10.8 Å². The second-order valence-electron chi connectivity index (χ2n) is 13.8. The van der Waals surface area contributed by atoms with Crippen molar-refractivity contribution in [3.8, 4) is 0 Å². The molecule has 0 unspecified atom stereocenters. The van der Waals surface area contributed by atoms with E-state index in [1.54, 1.807) is 38.5 Å². The summed E-state index contributed by atoms with van der Waals surface area (Å²) in [6, 6.07) is 10.6. The van der Waals surface area contributed by atoms with Crippen LogP contribution in [0.15, 0.2) is 48.5 Å². The third-order valence-corrected chi connectivity index (χ3v) is 11.0. The highest BCUT2D eigenvalue weighted by atomic mass is 32.1. The van der Waals surface area contributed by atoms with E-state index in [4.69, 9.17) is 31.2 Å². The number of amides is 1. The molecule has 2 fully saturated rings. The van der Waals surface area contributed by atoms with Gasteiger partial charge >= 0.3 is 11.9 Å². The van der Waals surface area contributed by atoms with Crippen LogP contribution in [0.1, 0.15) is 75.3 Å². The molecule has 0 heterocycles. The van der Waals surface area contributed by atoms with Crippen molar-refractivity contribution in [1.82, 2.24) is 10.6 Å². The molecule has 0 bridgehead atoms. The fourth-order valence-corrected chi connectivity index (χ4v) is 7.60. The third kappa shape index (κ3) is 12.2. The number of non-ortho nitro benzene ring substituents is 2. The average molecular weight is 773 g/mol. The summed E-state index contributed by atoms with van der Waals surface area (Å²) < 4.78 is 20.2. The van der Waals surface area contributed by atoms with Gasteiger partial charge in [-0.05, 0) is 49.7 Å². The Morgan fingerprint density at radius 3 is 1.41 bits per heavy atom. The van der Waals surface area contributed by atoms with E-state index >= 15 is 0 Å². The number of hydrogen-bond donors (Lipinski definition) is 2. The largest absolute Gasteiger partial charge is 0.467 e. The van der Waals surface area contributed by atoms with Crippen LogP contribution in [0, 0.1) is 31.1 Å². The number of carbonyl (C=O) groups excluding carboxylic acids is 3. The number of hydrogen-bond acceptors (Lipinski definition) is 12. The number of carbonyl (C=O) groups is 3. The van der Waals surface area contributed by atoms with Crippen LogP contribution in [0.5, 0.6) is 0 Å². The molecule has 15 nitrogen and oxygen atoms in total. The monoisotopic (exact) mass is 772 g/mol. The summed E-state index contributed by atoms with van der Waals surface area (Å²) in [5, 5.41) is 27.6. The fraction of sp³-hybridized carbons (Fsp3) is 0.579. The van der Waals surface area contributed by atoms with Crippen molar-refractivity contribution in [1.29, 1.82) is 0 Å². The number of rotatable bonds is 18. The molecule has 0 radical (unpaired) electrons. The molecule has 2 N–H and O–H groups in total. The molecule has 2 aromatic rings. The number of esters is 2. The van der Waals surface area contributed by atoms with Gasteiger partial charge in [0.05, 0.1) is 34.5 Å². The molecule has 2 aromatic carbocycles. The number of methoxy groups -OCH3 is 4. The SMILES string of the molecule is COCCC1(C(=O)N[C@@H](Cc2ccc([N+](=O)[O-])cc2)C(=O)OC)CCCC1.COCCC1(C(=S)N[C@@H](Cc2ccc([N+](=O)[O-])cc2)C(=O)OC)CCCC1. The van der Waals surface area contributed by atoms with Gasteiger partial charge in [-0.15, -0.1) is 0 Å². The highest BCUT2D eigenvalue weighted by Gasteiger charge is 2.42. The number of nitrogens with one attached hydrogen (secondary N) is 2. The molecule has 1 amide bonds. The second kappa shape index (κ2) is 21.4. The van der Waals surface area contributed by atoms with Gasteiger partial charge in [-0.25, -0.2) is 9.59 Å². The summed E-state index contributed by atoms with van der Waals surface area (Å²) in [5.41, 5.74) is 0.825. The molecule has 2 aliphatic rings. The highest BCUT2D eigenvalue weighted by molar-refractivity contribution is 7.80. The van der Waals surface area contributed by atoms with E-state index < -0.39 is 39.3 Å². The zero-order chi connectivity index (χ0) is 39.7. The predicted octanol–water partition coefficient (Wildman–Crippen LogP) is 5.58. The molecule has 54 heavy (non-hydrogen) atoms. The number of benzene rings is 2. The Balaban J connectivity index is 0.000000290. The van der Waals surface area contributed by atoms with Gasteiger partial charge in [0.2, 0.25) is 5.91 Å². The summed E-state index contributed by atoms with van der Waals surface area (Å²) in [5.74, 6) is -1.11. The van der Waals surface area contributed by atoms with Crippen molar-refractivity contribution < 1.29 is 43.2 Å². The minimum absolute atomic E-state index is 0.0151. The minimum Gasteiger partial charge on any atom is -0.467 e. The maximum absolute atomic E-state index is 13.0. The van der Waals surface area contributed by atoms with Crippen LogP contribution in [0.3, 0.4) is 0 Å². The lowest BCUT2D eigenvalue weighted by molar-refractivity contribution is -0.385. The summed E-state index contributed by atoms with van der Waals surface area (Å²) in [6.07, 6.45) is 9.64. The molecule has 0 saturated heterocycles. The maximum atomic E-state index is 13.0. The fourth-order valence-electron chi connectivity index (χ4n) is 7.15. The third-order valence-electron chi connectivity index (χ3n) is 10.4. The van der Waals surface area contributed by atoms with Crippen LogP contribution < -0.4 is 10.6 Å². The number of nitro groups is 2. The van der Waals surface area contributed by atoms with Crippen LogP contribution in [-0.4, -0.2) is 86.4 Å². The standard InChI is InChI=1S/C19H26N2O6.C19H26N2O5S/c1-26-12-11-19(9-3-4-10-19)18(23)20-16(17(22)27-2)13-14-5-7-15(8-6-14)21(24)25;1-25-12-11-19(9-3-4-10-19)18(27)20-16(17(22)26-2)13-14-5-7-15(8-6-14)21(23)24/h5-8,16H,3-4,9-13H2,1-2H3,(H,20,23);5-8,16H,3-4,9-13H2,1-2H3,(H,20,27)/t2*16-/m00/s1. The molecule has 4 rings (SSSR count). The molecule has 16 heteroatoms. The van der Waals surface area contributed by atoms with Gasteiger partial charge in [0.15, 0.2) is 0 Å². The van der Waals surface area contributed by atoms with Crippen LogP contribution in [0.25, 0.3) is 0 Å². The Hall–Kier alpha value is -4.54. The minimum atomic E-state index is -0.844. The first kappa shape index (κ1) is 43.9. The molecule has 0 aliphatic heterocycles. The zero-order valence-corrected chi connectivity index (χ0v) is 32.3. The maximum Gasteiger partial charge on any atom is 0.328 e. The Bertz CT molecular complexity index is 1460. The van der Waals surface area contributed by atoms with E-state index in [1.165, 1.54) is 38.5 Å². The lowest BCUT2D eigenvalue weighted by Gasteiger charge is -2.32. The summed E-state index contributed by atoms with van der Waals surface area (Å²) in [7, 11) is 5.89. The van der Waals surface area contributed by atoms with Crippen LogP contribution >= 0.6 is 12.2 Å². The Kier molecular flexibility index (Phi) is 17.4. The number of ether oxygens (including phenoxy) is 4. The average Bonchev–Trinajstić information content (AvgIpc) is 3.87. The van der Waals surface area contributed by atoms with Gasteiger partial charge in [-0.3, -0.25) is 25.0 Å². The smallest absolute Gasteiger partial charge is 0.328 e. The first-order valence-corrected chi connectivity index (χ1v) is 18.5. The second-order valence-corrected chi connectivity index (χ2v) is 14.2. The van der Waals surface area contributed by atoms with Gasteiger partial charge in [0.25, 0.3) is 11.4 Å². The summed E-state index contributed by atoms with van der Waals surface area (Å²) in [4.78, 5) is 58.8. The van der Waals surface area contributed by atoms with Gasteiger partial charge in [0.1, 0.15) is 12.1 Å². The zero-order valence-electron chi connectivity index (χ0n) is 31.5. The summed E-state index contributed by atoms with van der Waals surface area (Å²) in [6.45, 7) is 1.10. The van der Waals surface area contributed by atoms with Crippen LogP contribution in [-0.2, 0) is 46.2 Å². The molecular weight excluding hydrogens is 721 g/mol. The van der Waals surface area contributed by atoms with E-state index in [1.807, 2.05) is 0 Å². The Morgan fingerprint density at radius 1 is 0.667 bits per heavy atom. The van der Waals surface area contributed by atoms with Crippen LogP contribution in [0.4, 0.5) is 11.4 Å². The highest BCUT2D eigenvalue weighted by Crippen LogP contribution is 2.43. The lowest BCUT2D eigenvalue weighted by Crippen LogP contribution is -2.49. The molecule has 2 saturated carbocycles. The van der Waals surface area contributed by atoms with Crippen molar-refractivity contribution in [2.75, 3.05) is 41.7 Å². The molecular formula is C38H52N4O11S. The van der Waals surface area contributed by atoms with Crippen molar-refractivity contribution in [2.45, 2.75) is 89.1 Å². The number of thiocarbonyl (C=S) groups is 1. The quantitative estimate of drug-likeness (QED) is 0.0824. The molecule has 296 valence electrons.